The highest BCUT2D eigenvalue weighted by molar-refractivity contribution is 6.32. The third-order valence-corrected chi connectivity index (χ3v) is 9.01. The van der Waals surface area contributed by atoms with Crippen LogP contribution in [-0.4, -0.2) is 69.9 Å². The van der Waals surface area contributed by atoms with Gasteiger partial charge in [-0.2, -0.15) is 0 Å². The van der Waals surface area contributed by atoms with E-state index in [9.17, 15) is 34.2 Å². The summed E-state index contributed by atoms with van der Waals surface area (Å²) >= 11 is 0. The van der Waals surface area contributed by atoms with Crippen LogP contribution in [0, 0.1) is 23.7 Å². The minimum Gasteiger partial charge on any atom is -0.507 e. The first-order valence-electron chi connectivity index (χ1n) is 13.4. The molecular weight excluding hydrogens is 512 g/mol. The van der Waals surface area contributed by atoms with E-state index in [-0.39, 0.29) is 29.6 Å². The van der Waals surface area contributed by atoms with Crippen molar-refractivity contribution in [2.75, 3.05) is 14.1 Å². The molecule has 4 N–H and O–H groups in total. The van der Waals surface area contributed by atoms with Crippen LogP contribution in [0.1, 0.15) is 48.7 Å². The minimum atomic E-state index is -2.73. The number of amides is 1. The fourth-order valence-corrected chi connectivity index (χ4v) is 7.02. The van der Waals surface area contributed by atoms with Gasteiger partial charge in [-0.1, -0.05) is 51.1 Å². The molecule has 3 aliphatic carbocycles. The fraction of sp³-hybridized carbons (Fsp3) is 0.452. The topological polar surface area (TPSA) is 155 Å². The molecule has 3 aliphatic rings. The molecule has 0 bridgehead atoms. The number of Topliss-reactive ketones (excluding diaryl/α,β-unsaturated/α-hetero) is 4. The number of primary amides is 1. The van der Waals surface area contributed by atoms with E-state index in [4.69, 9.17) is 5.73 Å². The van der Waals surface area contributed by atoms with Crippen molar-refractivity contribution in [3.8, 4) is 16.9 Å². The Labute approximate surface area is 232 Å². The summed E-state index contributed by atoms with van der Waals surface area (Å²) in [6.07, 6.45) is 0.235. The van der Waals surface area contributed by atoms with Crippen molar-refractivity contribution in [3.63, 3.8) is 0 Å². The Bertz CT molecular complexity index is 1470. The molecule has 2 fully saturated rings. The monoisotopic (exact) mass is 546 g/mol. The van der Waals surface area contributed by atoms with Crippen LogP contribution in [0.2, 0.25) is 0 Å². The van der Waals surface area contributed by atoms with Crippen LogP contribution in [-0.2, 0) is 31.0 Å². The summed E-state index contributed by atoms with van der Waals surface area (Å²) in [7, 11) is 3.12. The number of nitrogens with two attached hydrogens (primary N) is 1. The summed E-state index contributed by atoms with van der Waals surface area (Å²) in [5.41, 5.74) is 5.86. The molecule has 210 valence electrons. The van der Waals surface area contributed by atoms with E-state index in [0.717, 1.165) is 16.7 Å². The number of phenolic OH excluding ortho intramolecular Hbond substituents is 1. The molecule has 0 spiro atoms. The lowest BCUT2D eigenvalue weighted by atomic mass is 9.52. The maximum absolute atomic E-state index is 13.9. The maximum Gasteiger partial charge on any atom is 0.235 e. The highest BCUT2D eigenvalue weighted by Crippen LogP contribution is 2.51. The molecule has 2 aromatic rings. The average molecular weight is 547 g/mol. The first kappa shape index (κ1) is 27.9. The van der Waals surface area contributed by atoms with Crippen molar-refractivity contribution in [2.24, 2.45) is 29.4 Å². The predicted octanol–water partition coefficient (Wildman–Crippen LogP) is 1.83. The molecular formula is C31H34N2O7. The Morgan fingerprint density at radius 2 is 1.62 bits per heavy atom. The number of likely N-dealkylation sites (N-methyl/N-ethyl adjacent to an activating group) is 1. The second kappa shape index (κ2) is 9.17. The Balaban J connectivity index is 1.63. The molecule has 0 aromatic heterocycles. The van der Waals surface area contributed by atoms with Crippen molar-refractivity contribution in [2.45, 2.75) is 50.7 Å². The lowest BCUT2D eigenvalue weighted by molar-refractivity contribution is -0.181. The van der Waals surface area contributed by atoms with Crippen LogP contribution < -0.4 is 5.73 Å². The normalized spacial score (nSPS) is 30.1. The van der Waals surface area contributed by atoms with Crippen LogP contribution in [0.3, 0.4) is 0 Å². The Hall–Kier alpha value is -3.69. The van der Waals surface area contributed by atoms with E-state index in [2.05, 4.69) is 20.8 Å². The second-order valence-electron chi connectivity index (χ2n) is 12.6. The van der Waals surface area contributed by atoms with E-state index in [1.165, 1.54) is 11.0 Å². The maximum atomic E-state index is 13.9. The van der Waals surface area contributed by atoms with E-state index in [0.29, 0.717) is 5.56 Å². The van der Waals surface area contributed by atoms with Crippen molar-refractivity contribution >= 4 is 29.0 Å². The van der Waals surface area contributed by atoms with Crippen LogP contribution in [0.4, 0.5) is 0 Å². The van der Waals surface area contributed by atoms with Crippen molar-refractivity contribution in [3.05, 3.63) is 53.1 Å². The number of benzene rings is 2. The Morgan fingerprint density at radius 1 is 1.00 bits per heavy atom. The van der Waals surface area contributed by atoms with Gasteiger partial charge in [0.05, 0.1) is 17.5 Å². The number of carbonyl (C=O) groups is 5. The number of ketones is 4. The molecule has 40 heavy (non-hydrogen) atoms. The summed E-state index contributed by atoms with van der Waals surface area (Å²) in [5.74, 6) is -10.5. The van der Waals surface area contributed by atoms with Crippen molar-refractivity contribution in [1.82, 2.24) is 4.90 Å². The number of nitrogens with zero attached hydrogens (tertiary/aromatic N) is 1. The van der Waals surface area contributed by atoms with Crippen molar-refractivity contribution < 1.29 is 34.2 Å². The van der Waals surface area contributed by atoms with E-state index >= 15 is 0 Å². The van der Waals surface area contributed by atoms with Crippen LogP contribution in [0.25, 0.3) is 11.1 Å². The predicted molar refractivity (Wildman–Crippen MR) is 145 cm³/mol. The highest BCUT2D eigenvalue weighted by Gasteiger charge is 2.69. The summed E-state index contributed by atoms with van der Waals surface area (Å²) in [6.45, 7) is 6.33. The summed E-state index contributed by atoms with van der Waals surface area (Å²) < 4.78 is 0. The van der Waals surface area contributed by atoms with Gasteiger partial charge in [0.25, 0.3) is 0 Å². The molecule has 9 heteroatoms. The number of rotatable bonds is 3. The van der Waals surface area contributed by atoms with Gasteiger partial charge in [-0.05, 0) is 66.6 Å². The minimum absolute atomic E-state index is 0.0102. The zero-order valence-electron chi connectivity index (χ0n) is 23.2. The summed E-state index contributed by atoms with van der Waals surface area (Å²) in [6, 6.07) is 9.96. The quantitative estimate of drug-likeness (QED) is 0.493. The smallest absolute Gasteiger partial charge is 0.235 e. The second-order valence-corrected chi connectivity index (χ2v) is 12.6. The first-order chi connectivity index (χ1) is 18.6. The largest absolute Gasteiger partial charge is 0.507 e. The fourth-order valence-electron chi connectivity index (χ4n) is 7.02. The van der Waals surface area contributed by atoms with E-state index in [1.807, 2.05) is 24.3 Å². The zero-order chi connectivity index (χ0) is 29.5. The van der Waals surface area contributed by atoms with E-state index < -0.39 is 64.4 Å². The van der Waals surface area contributed by atoms with Gasteiger partial charge in [0.1, 0.15) is 5.75 Å². The van der Waals surface area contributed by atoms with Crippen molar-refractivity contribution in [1.29, 1.82) is 0 Å². The van der Waals surface area contributed by atoms with Gasteiger partial charge in [0.15, 0.2) is 34.7 Å². The van der Waals surface area contributed by atoms with Gasteiger partial charge in [-0.15, -0.1) is 0 Å². The molecule has 5 rings (SSSR count). The number of hydrogen-bond donors (Lipinski definition) is 3. The number of phenols is 1. The molecule has 0 aliphatic heterocycles. The summed E-state index contributed by atoms with van der Waals surface area (Å²) in [4.78, 5) is 68.0. The zero-order valence-corrected chi connectivity index (χ0v) is 23.2. The average Bonchev–Trinajstić information content (AvgIpc) is 2.85. The van der Waals surface area contributed by atoms with Gasteiger partial charge in [-0.3, -0.25) is 28.9 Å². The SMILES string of the molecule is CN(C)C1C(=O)C(C(N)=O)C(=O)[C@]2(O)C(=O)C3C(=O)c4c(O)ccc(-c5ccc(C(C)(C)C)cc5)c4C[C@@H]3C[C@H]12. The number of carbonyl (C=O) groups excluding carboxylic acids is 5. The lowest BCUT2D eigenvalue weighted by Gasteiger charge is -2.52. The van der Waals surface area contributed by atoms with Gasteiger partial charge < -0.3 is 15.9 Å². The molecule has 0 saturated heterocycles. The molecule has 9 nitrogen and oxygen atoms in total. The first-order valence-corrected chi connectivity index (χ1v) is 13.4. The molecule has 3 unspecified atom stereocenters. The summed E-state index contributed by atoms with van der Waals surface area (Å²) in [5, 5.41) is 22.4. The third kappa shape index (κ3) is 3.86. The number of hydrogen-bond acceptors (Lipinski definition) is 8. The third-order valence-electron chi connectivity index (χ3n) is 9.01. The van der Waals surface area contributed by atoms with Gasteiger partial charge in [-0.25, -0.2) is 0 Å². The van der Waals surface area contributed by atoms with Crippen LogP contribution in [0.15, 0.2) is 36.4 Å². The molecule has 0 radical (unpaired) electrons. The van der Waals surface area contributed by atoms with Gasteiger partial charge >= 0.3 is 0 Å². The number of aromatic hydroxyl groups is 1. The molecule has 6 atom stereocenters. The standard InChI is InChI=1S/C31H34N2O7/c1-30(2,3)16-8-6-14(7-9-16)17-10-11-20(34)22-18(17)12-15-13-19-24(33(4)5)26(36)23(29(32)39)28(38)31(19,40)27(37)21(15)25(22)35/h6-11,15,19,21,23-24,34,40H,12-13H2,1-5H3,(H2,32,39)/t15-,19-,21?,23?,24?,31-/m1/s1. The van der Waals surface area contributed by atoms with Gasteiger partial charge in [0.2, 0.25) is 5.91 Å². The molecule has 2 aromatic carbocycles. The Morgan fingerprint density at radius 3 is 2.17 bits per heavy atom. The van der Waals surface area contributed by atoms with Crippen LogP contribution in [0.5, 0.6) is 5.75 Å². The van der Waals surface area contributed by atoms with Crippen LogP contribution >= 0.6 is 0 Å². The van der Waals surface area contributed by atoms with Gasteiger partial charge in [0, 0.05) is 5.92 Å². The lowest BCUT2D eigenvalue weighted by Crippen LogP contribution is -2.74. The number of aliphatic hydroxyl groups is 1. The van der Waals surface area contributed by atoms with E-state index in [1.54, 1.807) is 20.2 Å². The highest BCUT2D eigenvalue weighted by atomic mass is 16.3. The molecule has 2 saturated carbocycles. The molecule has 1 amide bonds. The number of fused-ring (bicyclic) bond motifs is 3. The Kier molecular flexibility index (Phi) is 6.39. The molecule has 0 heterocycles.